The number of benzene rings is 2. The minimum atomic E-state index is -5.09. The summed E-state index contributed by atoms with van der Waals surface area (Å²) in [6.45, 7) is 3.39. The summed E-state index contributed by atoms with van der Waals surface area (Å²) in [7, 11) is 0.992. The van der Waals surface area contributed by atoms with Crippen molar-refractivity contribution in [3.05, 3.63) is 59.2 Å². The van der Waals surface area contributed by atoms with Gasteiger partial charge in [0.25, 0.3) is 0 Å². The van der Waals surface area contributed by atoms with Crippen molar-refractivity contribution in [3.8, 4) is 0 Å². The summed E-state index contributed by atoms with van der Waals surface area (Å²) < 4.78 is 91.2. The Labute approximate surface area is 203 Å². The fourth-order valence-corrected chi connectivity index (χ4v) is 4.20. The van der Waals surface area contributed by atoms with Gasteiger partial charge < -0.3 is 14.4 Å². The number of amides is 1. The lowest BCUT2D eigenvalue weighted by Crippen LogP contribution is -2.53. The molecule has 2 atom stereocenters. The van der Waals surface area contributed by atoms with Crippen LogP contribution in [0.15, 0.2) is 42.5 Å². The van der Waals surface area contributed by atoms with E-state index in [2.05, 4.69) is 0 Å². The minimum absolute atomic E-state index is 0.000669. The van der Waals surface area contributed by atoms with Crippen molar-refractivity contribution in [1.82, 2.24) is 0 Å². The van der Waals surface area contributed by atoms with Gasteiger partial charge in [0, 0.05) is 6.54 Å². The second-order valence-electron chi connectivity index (χ2n) is 8.04. The number of carbonyl (C=O) groups is 2. The van der Waals surface area contributed by atoms with E-state index in [0.717, 1.165) is 7.11 Å². The molecule has 0 aromatic heterocycles. The first-order valence-electron chi connectivity index (χ1n) is 11.0. The van der Waals surface area contributed by atoms with Crippen molar-refractivity contribution in [3.63, 3.8) is 0 Å². The van der Waals surface area contributed by atoms with E-state index in [9.17, 15) is 35.9 Å². The molecule has 0 fully saturated rings. The molecule has 1 aliphatic rings. The highest BCUT2D eigenvalue weighted by Gasteiger charge is 2.43. The molecule has 0 radical (unpaired) electrons. The maximum Gasteiger partial charge on any atom is 0.416 e. The molecule has 36 heavy (non-hydrogen) atoms. The molecule has 2 aromatic rings. The Hall–Kier alpha value is -3.44. The van der Waals surface area contributed by atoms with Crippen LogP contribution in [0.5, 0.6) is 0 Å². The fraction of sp³-hybridized carbons (Fsp3) is 0.417. The molecule has 12 heteroatoms. The van der Waals surface area contributed by atoms with Crippen LogP contribution in [0.3, 0.4) is 0 Å². The maximum atomic E-state index is 13.5. The van der Waals surface area contributed by atoms with Gasteiger partial charge in [0.05, 0.1) is 42.3 Å². The lowest BCUT2D eigenvalue weighted by atomic mass is 9.95. The van der Waals surface area contributed by atoms with E-state index in [4.69, 9.17) is 9.47 Å². The van der Waals surface area contributed by atoms with Gasteiger partial charge in [-0.25, -0.2) is 9.59 Å². The van der Waals surface area contributed by atoms with Crippen molar-refractivity contribution >= 4 is 23.4 Å². The molecule has 2 unspecified atom stereocenters. The number of esters is 1. The molecular formula is C24H24F6N2O4. The molecule has 2 aromatic carbocycles. The average Bonchev–Trinajstić information content (AvgIpc) is 2.82. The van der Waals surface area contributed by atoms with Crippen molar-refractivity contribution in [2.24, 2.45) is 0 Å². The van der Waals surface area contributed by atoms with Crippen molar-refractivity contribution in [2.75, 3.05) is 30.1 Å². The summed E-state index contributed by atoms with van der Waals surface area (Å²) in [5, 5.41) is 0. The van der Waals surface area contributed by atoms with E-state index < -0.39 is 53.2 Å². The lowest BCUT2D eigenvalue weighted by molar-refractivity contribution is -0.145. The molecule has 1 aliphatic heterocycles. The molecule has 6 nitrogen and oxygen atoms in total. The maximum absolute atomic E-state index is 13.5. The predicted molar refractivity (Wildman–Crippen MR) is 119 cm³/mol. The zero-order valence-corrected chi connectivity index (χ0v) is 19.6. The monoisotopic (exact) mass is 518 g/mol. The van der Waals surface area contributed by atoms with Crippen LogP contribution >= 0.6 is 0 Å². The van der Waals surface area contributed by atoms with Crippen LogP contribution in [0.2, 0.25) is 0 Å². The van der Waals surface area contributed by atoms with E-state index in [-0.39, 0.29) is 24.9 Å². The van der Waals surface area contributed by atoms with Crippen molar-refractivity contribution in [2.45, 2.75) is 44.7 Å². The first kappa shape index (κ1) is 27.2. The molecule has 0 spiro atoms. The second kappa shape index (κ2) is 10.3. The molecule has 196 valence electrons. The molecular weight excluding hydrogens is 494 g/mol. The number of ether oxygens (including phenoxy) is 2. The normalized spacial score (nSPS) is 16.9. The van der Waals surface area contributed by atoms with Gasteiger partial charge >= 0.3 is 24.4 Å². The summed E-state index contributed by atoms with van der Waals surface area (Å²) in [4.78, 5) is 28.4. The summed E-state index contributed by atoms with van der Waals surface area (Å²) in [5.41, 5.74) is -3.10. The van der Waals surface area contributed by atoms with Gasteiger partial charge in [-0.2, -0.15) is 26.3 Å². The van der Waals surface area contributed by atoms with Gasteiger partial charge in [-0.3, -0.25) is 4.90 Å². The third kappa shape index (κ3) is 5.36. The summed E-state index contributed by atoms with van der Waals surface area (Å²) in [6, 6.07) is 5.03. The van der Waals surface area contributed by atoms with Crippen molar-refractivity contribution in [1.29, 1.82) is 0 Å². The highest BCUT2D eigenvalue weighted by Crippen LogP contribution is 2.44. The van der Waals surface area contributed by atoms with E-state index in [1.54, 1.807) is 32.0 Å². The smallest absolute Gasteiger partial charge is 0.416 e. The fourth-order valence-electron chi connectivity index (χ4n) is 4.20. The van der Waals surface area contributed by atoms with Gasteiger partial charge in [-0.05, 0) is 49.2 Å². The minimum Gasteiger partial charge on any atom is -0.467 e. The Morgan fingerprint density at radius 2 is 1.53 bits per heavy atom. The van der Waals surface area contributed by atoms with Crippen LogP contribution in [-0.4, -0.2) is 38.4 Å². The first-order valence-corrected chi connectivity index (χ1v) is 11.0. The summed E-state index contributed by atoms with van der Waals surface area (Å²) in [5.74, 6) is -1.06. The molecule has 0 bridgehead atoms. The van der Waals surface area contributed by atoms with Crippen LogP contribution in [-0.2, 0) is 26.6 Å². The van der Waals surface area contributed by atoms with Gasteiger partial charge in [-0.15, -0.1) is 0 Å². The summed E-state index contributed by atoms with van der Waals surface area (Å²) in [6.07, 6.45) is -10.5. The number of carbonyl (C=O) groups excluding carboxylic acids is 2. The number of nitrogens with zero attached hydrogens (tertiary/aromatic N) is 2. The van der Waals surface area contributed by atoms with Crippen LogP contribution in [0.4, 0.5) is 42.5 Å². The molecule has 0 saturated carbocycles. The Bertz CT molecular complexity index is 1090. The number of alkyl halides is 6. The van der Waals surface area contributed by atoms with Crippen LogP contribution in [0, 0.1) is 0 Å². The predicted octanol–water partition coefficient (Wildman–Crippen LogP) is 6.20. The topological polar surface area (TPSA) is 59.1 Å². The number of rotatable bonds is 5. The standard InChI is InChI=1S/C24H24F6N2O4/c1-4-17-13-31(18-8-6-7-9-19(18)32(17)22(34)36-5-2)20(21(33)35-3)14-10-15(23(25,26)27)12-16(11-14)24(28,29)30/h6-12,17,20H,4-5,13H2,1-3H3. The SMILES string of the molecule is CCOC(=O)N1c2ccccc2N(C(C(=O)OC)c2cc(C(F)(F)F)cc(C(F)(F)F)c2)CC1CC. The number of para-hydroxylation sites is 2. The van der Waals surface area contributed by atoms with Gasteiger partial charge in [-0.1, -0.05) is 19.1 Å². The second-order valence-corrected chi connectivity index (χ2v) is 8.04. The zero-order valence-electron chi connectivity index (χ0n) is 19.6. The van der Waals surface area contributed by atoms with Crippen LogP contribution < -0.4 is 9.80 Å². The number of hydrogen-bond acceptors (Lipinski definition) is 5. The average molecular weight is 518 g/mol. The molecule has 1 heterocycles. The largest absolute Gasteiger partial charge is 0.467 e. The number of fused-ring (bicyclic) bond motifs is 1. The third-order valence-corrected chi connectivity index (χ3v) is 5.82. The third-order valence-electron chi connectivity index (χ3n) is 5.82. The van der Waals surface area contributed by atoms with Gasteiger partial charge in [0.1, 0.15) is 0 Å². The van der Waals surface area contributed by atoms with E-state index >= 15 is 0 Å². The Morgan fingerprint density at radius 3 is 2.00 bits per heavy atom. The molecule has 0 saturated heterocycles. The van der Waals surface area contributed by atoms with E-state index in [0.29, 0.717) is 24.2 Å². The quantitative estimate of drug-likeness (QED) is 0.349. The Balaban J connectivity index is 2.25. The molecule has 1 amide bonds. The van der Waals surface area contributed by atoms with Gasteiger partial charge in [0.2, 0.25) is 0 Å². The molecule has 0 N–H and O–H groups in total. The zero-order chi connectivity index (χ0) is 26.8. The number of halogens is 6. The number of methoxy groups -OCH3 is 1. The molecule has 3 rings (SSSR count). The highest BCUT2D eigenvalue weighted by atomic mass is 19.4. The highest BCUT2D eigenvalue weighted by molar-refractivity contribution is 5.96. The van der Waals surface area contributed by atoms with E-state index in [1.807, 2.05) is 0 Å². The Morgan fingerprint density at radius 1 is 0.972 bits per heavy atom. The number of hydrogen-bond donors (Lipinski definition) is 0. The number of anilines is 2. The summed E-state index contributed by atoms with van der Waals surface area (Å²) >= 11 is 0. The lowest BCUT2D eigenvalue weighted by Gasteiger charge is -2.45. The molecule has 0 aliphatic carbocycles. The van der Waals surface area contributed by atoms with Crippen LogP contribution in [0.25, 0.3) is 0 Å². The van der Waals surface area contributed by atoms with Crippen LogP contribution in [0.1, 0.15) is 43.0 Å². The van der Waals surface area contributed by atoms with Crippen molar-refractivity contribution < 1.29 is 45.4 Å². The Kier molecular flexibility index (Phi) is 7.75. The van der Waals surface area contributed by atoms with Gasteiger partial charge in [0.15, 0.2) is 6.04 Å². The first-order chi connectivity index (χ1) is 16.8. The van der Waals surface area contributed by atoms with E-state index in [1.165, 1.54) is 15.9 Å².